The van der Waals surface area contributed by atoms with Crippen LogP contribution >= 0.6 is 11.8 Å². The molecule has 2 aromatic heterocycles. The summed E-state index contributed by atoms with van der Waals surface area (Å²) in [6.07, 6.45) is 4.65. The van der Waals surface area contributed by atoms with Crippen molar-refractivity contribution in [2.24, 2.45) is 0 Å². The molecule has 7 heteroatoms. The minimum Gasteiger partial charge on any atom is -0.317 e. The first-order chi connectivity index (χ1) is 11.3. The van der Waals surface area contributed by atoms with Gasteiger partial charge in [0.2, 0.25) is 0 Å². The van der Waals surface area contributed by atoms with Gasteiger partial charge in [-0.2, -0.15) is 5.26 Å². The highest BCUT2D eigenvalue weighted by molar-refractivity contribution is 7.99. The number of pyridine rings is 1. The Balaban J connectivity index is 1.63. The Morgan fingerprint density at radius 3 is 2.74 bits per heavy atom. The fourth-order valence-corrected chi connectivity index (χ4v) is 3.92. The van der Waals surface area contributed by atoms with Crippen LogP contribution in [0.15, 0.2) is 28.4 Å². The lowest BCUT2D eigenvalue weighted by molar-refractivity contribution is 0.426. The molecule has 0 atom stereocenters. The van der Waals surface area contributed by atoms with Gasteiger partial charge in [-0.1, -0.05) is 6.07 Å². The topological polar surface area (TPSA) is 79.4 Å². The van der Waals surface area contributed by atoms with E-state index in [1.54, 1.807) is 6.07 Å². The zero-order chi connectivity index (χ0) is 15.6. The van der Waals surface area contributed by atoms with E-state index in [0.29, 0.717) is 17.7 Å². The predicted octanol–water partition coefficient (Wildman–Crippen LogP) is 2.50. The first-order valence-electron chi connectivity index (χ1n) is 8.05. The van der Waals surface area contributed by atoms with Crippen LogP contribution in [-0.4, -0.2) is 32.8 Å². The lowest BCUT2D eigenvalue weighted by Gasteiger charge is -2.22. The van der Waals surface area contributed by atoms with Crippen molar-refractivity contribution in [3.8, 4) is 6.07 Å². The lowest BCUT2D eigenvalue weighted by atomic mass is 9.97. The minimum atomic E-state index is 0.436. The number of aromatic nitrogens is 4. The Bertz CT molecular complexity index is 739. The number of nitrogens with zero attached hydrogens (tertiary/aromatic N) is 5. The zero-order valence-electron chi connectivity index (χ0n) is 12.8. The van der Waals surface area contributed by atoms with Crippen LogP contribution < -0.4 is 5.32 Å². The summed E-state index contributed by atoms with van der Waals surface area (Å²) in [5.74, 6) is 1.63. The Morgan fingerprint density at radius 1 is 1.17 bits per heavy atom. The van der Waals surface area contributed by atoms with Gasteiger partial charge in [-0.3, -0.25) is 0 Å². The standard InChI is InChI=1S/C16H18N6S/c17-10-12-2-1-3-14(19-12)23-16-21-20-15(22(16)13-4-5-13)11-6-8-18-9-7-11/h1-3,11,13,18H,4-9H2. The molecule has 1 N–H and O–H groups in total. The number of piperidine rings is 1. The van der Waals surface area contributed by atoms with Gasteiger partial charge in [0.1, 0.15) is 22.6 Å². The van der Waals surface area contributed by atoms with E-state index in [9.17, 15) is 0 Å². The highest BCUT2D eigenvalue weighted by Crippen LogP contribution is 2.42. The summed E-state index contributed by atoms with van der Waals surface area (Å²) in [4.78, 5) is 4.34. The highest BCUT2D eigenvalue weighted by Gasteiger charge is 2.33. The summed E-state index contributed by atoms with van der Waals surface area (Å²) in [6, 6.07) is 8.12. The molecule has 3 heterocycles. The van der Waals surface area contributed by atoms with Crippen LogP contribution in [0.1, 0.15) is 49.2 Å². The number of rotatable bonds is 4. The van der Waals surface area contributed by atoms with Crippen molar-refractivity contribution in [2.45, 2.75) is 47.8 Å². The molecule has 0 bridgehead atoms. The fraction of sp³-hybridized carbons (Fsp3) is 0.500. The smallest absolute Gasteiger partial charge is 0.197 e. The average Bonchev–Trinajstić information content (AvgIpc) is 3.36. The number of hydrogen-bond donors (Lipinski definition) is 1. The summed E-state index contributed by atoms with van der Waals surface area (Å²) in [5, 5.41) is 23.1. The molecule has 0 amide bonds. The molecule has 0 aromatic carbocycles. The molecular formula is C16H18N6S. The maximum atomic E-state index is 8.99. The molecule has 1 saturated heterocycles. The Kier molecular flexibility index (Phi) is 4.02. The lowest BCUT2D eigenvalue weighted by Crippen LogP contribution is -2.28. The molecular weight excluding hydrogens is 308 g/mol. The number of nitriles is 1. The van der Waals surface area contributed by atoms with Crippen LogP contribution in [0.4, 0.5) is 0 Å². The highest BCUT2D eigenvalue weighted by atomic mass is 32.2. The summed E-state index contributed by atoms with van der Waals surface area (Å²) in [6.45, 7) is 2.10. The molecule has 1 aliphatic heterocycles. The van der Waals surface area contributed by atoms with Crippen molar-refractivity contribution in [2.75, 3.05) is 13.1 Å². The van der Waals surface area contributed by atoms with Crippen molar-refractivity contribution in [3.05, 3.63) is 29.7 Å². The summed E-state index contributed by atoms with van der Waals surface area (Å²) in [7, 11) is 0. The van der Waals surface area contributed by atoms with Gasteiger partial charge < -0.3 is 9.88 Å². The normalized spacial score (nSPS) is 18.7. The molecule has 0 radical (unpaired) electrons. The van der Waals surface area contributed by atoms with Gasteiger partial charge in [0.25, 0.3) is 0 Å². The van der Waals surface area contributed by atoms with E-state index in [-0.39, 0.29) is 0 Å². The monoisotopic (exact) mass is 326 g/mol. The van der Waals surface area contributed by atoms with E-state index in [1.165, 1.54) is 24.6 Å². The molecule has 6 nitrogen and oxygen atoms in total. The van der Waals surface area contributed by atoms with E-state index in [1.807, 2.05) is 12.1 Å². The van der Waals surface area contributed by atoms with Crippen molar-refractivity contribution < 1.29 is 0 Å². The Hall–Kier alpha value is -1.91. The molecule has 23 heavy (non-hydrogen) atoms. The van der Waals surface area contributed by atoms with Gasteiger partial charge in [-0.05, 0) is 62.7 Å². The summed E-state index contributed by atoms with van der Waals surface area (Å²) in [5.41, 5.74) is 0.436. The molecule has 1 saturated carbocycles. The fourth-order valence-electron chi connectivity index (χ4n) is 3.02. The predicted molar refractivity (Wildman–Crippen MR) is 86.2 cm³/mol. The molecule has 2 aromatic rings. The van der Waals surface area contributed by atoms with Crippen LogP contribution in [0.25, 0.3) is 0 Å². The van der Waals surface area contributed by atoms with Gasteiger partial charge in [0.05, 0.1) is 0 Å². The van der Waals surface area contributed by atoms with Gasteiger partial charge in [-0.25, -0.2) is 4.98 Å². The molecule has 4 rings (SSSR count). The molecule has 118 valence electrons. The van der Waals surface area contributed by atoms with E-state index < -0.39 is 0 Å². The molecule has 2 aliphatic rings. The van der Waals surface area contributed by atoms with Crippen molar-refractivity contribution in [1.29, 1.82) is 5.26 Å². The van der Waals surface area contributed by atoms with E-state index in [0.717, 1.165) is 41.9 Å². The second kappa shape index (κ2) is 6.30. The zero-order valence-corrected chi connectivity index (χ0v) is 13.6. The Morgan fingerprint density at radius 2 is 2.00 bits per heavy atom. The summed E-state index contributed by atoms with van der Waals surface area (Å²) >= 11 is 1.51. The average molecular weight is 326 g/mol. The van der Waals surface area contributed by atoms with Crippen LogP contribution in [0.3, 0.4) is 0 Å². The Labute approximate surface area is 139 Å². The summed E-state index contributed by atoms with van der Waals surface area (Å²) < 4.78 is 2.32. The van der Waals surface area contributed by atoms with E-state index in [2.05, 4.69) is 31.1 Å². The van der Waals surface area contributed by atoms with E-state index in [4.69, 9.17) is 5.26 Å². The maximum Gasteiger partial charge on any atom is 0.197 e. The molecule has 0 unspecified atom stereocenters. The first kappa shape index (κ1) is 14.7. The van der Waals surface area contributed by atoms with Crippen LogP contribution in [0.2, 0.25) is 0 Å². The third-order valence-corrected chi connectivity index (χ3v) is 5.24. The van der Waals surface area contributed by atoms with Gasteiger partial charge >= 0.3 is 0 Å². The van der Waals surface area contributed by atoms with Crippen molar-refractivity contribution in [3.63, 3.8) is 0 Å². The third kappa shape index (κ3) is 3.09. The van der Waals surface area contributed by atoms with Gasteiger partial charge in [0, 0.05) is 12.0 Å². The van der Waals surface area contributed by atoms with Gasteiger partial charge in [-0.15, -0.1) is 10.2 Å². The van der Waals surface area contributed by atoms with E-state index >= 15 is 0 Å². The quantitative estimate of drug-likeness (QED) is 0.930. The SMILES string of the molecule is N#Cc1cccc(Sc2nnc(C3CCNCC3)n2C2CC2)n1. The molecule has 1 aliphatic carbocycles. The number of hydrogen-bond acceptors (Lipinski definition) is 6. The van der Waals surface area contributed by atoms with Crippen molar-refractivity contribution >= 4 is 11.8 Å². The van der Waals surface area contributed by atoms with Crippen LogP contribution in [0, 0.1) is 11.3 Å². The van der Waals surface area contributed by atoms with Crippen LogP contribution in [-0.2, 0) is 0 Å². The van der Waals surface area contributed by atoms with Gasteiger partial charge in [0.15, 0.2) is 5.16 Å². The van der Waals surface area contributed by atoms with Crippen LogP contribution in [0.5, 0.6) is 0 Å². The largest absolute Gasteiger partial charge is 0.317 e. The van der Waals surface area contributed by atoms with Crippen molar-refractivity contribution in [1.82, 2.24) is 25.1 Å². The second-order valence-corrected chi connectivity index (χ2v) is 7.03. The second-order valence-electron chi connectivity index (χ2n) is 6.04. The first-order valence-corrected chi connectivity index (χ1v) is 8.87. The third-order valence-electron chi connectivity index (χ3n) is 4.34. The minimum absolute atomic E-state index is 0.436. The number of nitrogens with one attached hydrogen (secondary N) is 1. The molecule has 2 fully saturated rings. The molecule has 0 spiro atoms. The maximum absolute atomic E-state index is 8.99.